The first-order chi connectivity index (χ1) is 10.3. The Morgan fingerprint density at radius 2 is 2.27 bits per heavy atom. The van der Waals surface area contributed by atoms with Crippen LogP contribution in [0, 0.1) is 0 Å². The van der Waals surface area contributed by atoms with Crippen molar-refractivity contribution in [2.45, 2.75) is 18.4 Å². The molecule has 1 aliphatic rings. The van der Waals surface area contributed by atoms with Gasteiger partial charge in [0.1, 0.15) is 12.2 Å². The highest BCUT2D eigenvalue weighted by atomic mass is 31.2. The van der Waals surface area contributed by atoms with Crippen LogP contribution in [-0.2, 0) is 13.8 Å². The van der Waals surface area contributed by atoms with Gasteiger partial charge in [-0.15, -0.1) is 0 Å². The van der Waals surface area contributed by atoms with Crippen molar-refractivity contribution in [3.63, 3.8) is 0 Å². The van der Waals surface area contributed by atoms with E-state index in [-0.39, 0.29) is 23.7 Å². The monoisotopic (exact) mass is 333 g/mol. The van der Waals surface area contributed by atoms with Gasteiger partial charge in [0.25, 0.3) is 5.56 Å². The molecule has 6 N–H and O–H groups in total. The highest BCUT2D eigenvalue weighted by Crippen LogP contribution is 2.41. The third-order valence-corrected chi connectivity index (χ3v) is 3.65. The van der Waals surface area contributed by atoms with E-state index in [0.29, 0.717) is 0 Å². The molecule has 1 saturated heterocycles. The summed E-state index contributed by atoms with van der Waals surface area (Å²) in [7, 11) is -4.77. The molecule has 0 aromatic carbocycles. The number of aromatic nitrogens is 4. The molecule has 2 aromatic heterocycles. The highest BCUT2D eigenvalue weighted by molar-refractivity contribution is 7.46. The summed E-state index contributed by atoms with van der Waals surface area (Å²) in [5.74, 6) is -0.144. The number of fused-ring (bicyclic) bond motifs is 1. The van der Waals surface area contributed by atoms with Crippen molar-refractivity contribution in [2.75, 3.05) is 12.3 Å². The summed E-state index contributed by atoms with van der Waals surface area (Å²) in [5.41, 5.74) is 4.96. The molecular formula is C9H12N5O7P. The van der Waals surface area contributed by atoms with E-state index in [1.54, 1.807) is 0 Å². The van der Waals surface area contributed by atoms with Gasteiger partial charge in [0, 0.05) is 0 Å². The molecule has 0 radical (unpaired) electrons. The van der Waals surface area contributed by atoms with Gasteiger partial charge in [-0.05, 0) is 0 Å². The second-order valence-electron chi connectivity index (χ2n) is 4.62. The molecule has 12 nitrogen and oxygen atoms in total. The summed E-state index contributed by atoms with van der Waals surface area (Å²) >= 11 is 0. The Balaban J connectivity index is 1.96. The summed E-state index contributed by atoms with van der Waals surface area (Å²) in [6.45, 7) is -0.255. The van der Waals surface area contributed by atoms with E-state index in [4.69, 9.17) is 20.3 Å². The molecule has 120 valence electrons. The number of hydrogen-bond acceptors (Lipinski definition) is 8. The number of H-pyrrole nitrogens is 1. The molecule has 0 amide bonds. The van der Waals surface area contributed by atoms with Gasteiger partial charge in [0.05, 0.1) is 12.9 Å². The Morgan fingerprint density at radius 3 is 2.95 bits per heavy atom. The second-order valence-corrected chi connectivity index (χ2v) is 5.82. The zero-order chi connectivity index (χ0) is 16.1. The SMILES string of the molecule is Nc1nc2c(ncn2[C@@H]2OC[C@H](OP(=O)(O)O)[C@H]2O)c(=O)[nH]1. The number of imidazole rings is 1. The van der Waals surface area contributed by atoms with E-state index in [1.165, 1.54) is 10.9 Å². The van der Waals surface area contributed by atoms with Gasteiger partial charge in [-0.2, -0.15) is 4.98 Å². The van der Waals surface area contributed by atoms with Gasteiger partial charge in [0.15, 0.2) is 17.4 Å². The lowest BCUT2D eigenvalue weighted by Gasteiger charge is -2.19. The molecule has 2 aromatic rings. The lowest BCUT2D eigenvalue weighted by atomic mass is 10.2. The van der Waals surface area contributed by atoms with E-state index in [0.717, 1.165) is 0 Å². The molecular weight excluding hydrogens is 321 g/mol. The molecule has 0 saturated carbocycles. The molecule has 0 spiro atoms. The predicted octanol–water partition coefficient (Wildman–Crippen LogP) is -1.93. The first-order valence-corrected chi connectivity index (χ1v) is 7.55. The fraction of sp³-hybridized carbons (Fsp3) is 0.444. The van der Waals surface area contributed by atoms with Gasteiger partial charge in [0.2, 0.25) is 5.95 Å². The van der Waals surface area contributed by atoms with E-state index < -0.39 is 31.8 Å². The number of rotatable bonds is 3. The number of ether oxygens (including phenoxy) is 1. The first kappa shape index (κ1) is 15.1. The maximum absolute atomic E-state index is 11.7. The number of nitrogens with zero attached hydrogens (tertiary/aromatic N) is 3. The minimum Gasteiger partial charge on any atom is -0.386 e. The Morgan fingerprint density at radius 1 is 1.55 bits per heavy atom. The van der Waals surface area contributed by atoms with Crippen LogP contribution in [0.5, 0.6) is 0 Å². The number of aliphatic hydroxyl groups excluding tert-OH is 1. The standard InChI is InChI=1S/C9H12N5O7P/c10-9-12-6-4(7(16)13-9)11-2-14(6)8-5(15)3(1-20-8)21-22(17,18)19/h2-3,5,8,15H,1H2,(H2,17,18,19)(H3,10,12,13,16)/t3-,5+,8+/m0/s1. The topological polar surface area (TPSA) is 186 Å². The van der Waals surface area contributed by atoms with Crippen LogP contribution in [-0.4, -0.2) is 53.2 Å². The van der Waals surface area contributed by atoms with Crippen molar-refractivity contribution in [2.24, 2.45) is 0 Å². The van der Waals surface area contributed by atoms with Crippen LogP contribution < -0.4 is 11.3 Å². The van der Waals surface area contributed by atoms with Gasteiger partial charge in [-0.1, -0.05) is 0 Å². The van der Waals surface area contributed by atoms with Crippen LogP contribution in [0.4, 0.5) is 5.95 Å². The molecule has 3 atom stereocenters. The number of nitrogens with one attached hydrogen (secondary N) is 1. The third kappa shape index (κ3) is 2.63. The number of aliphatic hydroxyl groups is 1. The predicted molar refractivity (Wildman–Crippen MR) is 70.5 cm³/mol. The number of phosphoric ester groups is 1. The van der Waals surface area contributed by atoms with Crippen molar-refractivity contribution in [3.8, 4) is 0 Å². The number of aromatic amines is 1. The minimum atomic E-state index is -4.77. The molecule has 3 rings (SSSR count). The van der Waals surface area contributed by atoms with Crippen molar-refractivity contribution in [3.05, 3.63) is 16.7 Å². The summed E-state index contributed by atoms with van der Waals surface area (Å²) in [6.07, 6.45) is -2.50. The molecule has 1 fully saturated rings. The molecule has 13 heteroatoms. The molecule has 0 bridgehead atoms. The number of nitrogen functional groups attached to an aromatic ring is 1. The minimum absolute atomic E-state index is 0.00986. The summed E-state index contributed by atoms with van der Waals surface area (Å²) in [6, 6.07) is 0. The van der Waals surface area contributed by atoms with Crippen LogP contribution in [0.3, 0.4) is 0 Å². The van der Waals surface area contributed by atoms with Crippen LogP contribution in [0.15, 0.2) is 11.1 Å². The van der Waals surface area contributed by atoms with Gasteiger partial charge < -0.3 is 25.4 Å². The summed E-state index contributed by atoms with van der Waals surface area (Å²) in [5, 5.41) is 10.1. The van der Waals surface area contributed by atoms with Crippen molar-refractivity contribution in [1.29, 1.82) is 0 Å². The molecule has 3 heterocycles. The van der Waals surface area contributed by atoms with Gasteiger partial charge in [-0.3, -0.25) is 18.9 Å². The largest absolute Gasteiger partial charge is 0.470 e. The Kier molecular flexibility index (Phi) is 3.51. The summed E-state index contributed by atoms with van der Waals surface area (Å²) in [4.78, 5) is 39.3. The zero-order valence-corrected chi connectivity index (χ0v) is 11.8. The molecule has 1 aliphatic heterocycles. The fourth-order valence-corrected chi connectivity index (χ4v) is 2.76. The van der Waals surface area contributed by atoms with Gasteiger partial charge >= 0.3 is 7.82 Å². The number of hydrogen-bond donors (Lipinski definition) is 5. The smallest absolute Gasteiger partial charge is 0.386 e. The van der Waals surface area contributed by atoms with E-state index >= 15 is 0 Å². The lowest BCUT2D eigenvalue weighted by molar-refractivity contribution is -0.0161. The number of anilines is 1. The Labute approximate surface area is 121 Å². The Hall–Kier alpha value is -1.82. The summed E-state index contributed by atoms with van der Waals surface area (Å²) < 4.78 is 21.8. The van der Waals surface area contributed by atoms with Crippen molar-refractivity contribution < 1.29 is 28.7 Å². The third-order valence-electron chi connectivity index (χ3n) is 3.10. The van der Waals surface area contributed by atoms with E-state index in [1.807, 2.05) is 0 Å². The van der Waals surface area contributed by atoms with Crippen LogP contribution in [0.2, 0.25) is 0 Å². The van der Waals surface area contributed by atoms with Crippen molar-refractivity contribution >= 4 is 24.9 Å². The zero-order valence-electron chi connectivity index (χ0n) is 10.9. The second kappa shape index (κ2) is 5.12. The van der Waals surface area contributed by atoms with Crippen LogP contribution in [0.1, 0.15) is 6.23 Å². The van der Waals surface area contributed by atoms with Crippen LogP contribution in [0.25, 0.3) is 11.2 Å². The number of phosphoric acid groups is 1. The van der Waals surface area contributed by atoms with Gasteiger partial charge in [-0.25, -0.2) is 9.55 Å². The normalized spacial score (nSPS) is 25.9. The maximum atomic E-state index is 11.7. The maximum Gasteiger partial charge on any atom is 0.470 e. The average molecular weight is 333 g/mol. The van der Waals surface area contributed by atoms with Crippen LogP contribution >= 0.6 is 7.82 Å². The lowest BCUT2D eigenvalue weighted by Crippen LogP contribution is -2.30. The molecule has 0 unspecified atom stereocenters. The van der Waals surface area contributed by atoms with Crippen molar-refractivity contribution in [1.82, 2.24) is 19.5 Å². The van der Waals surface area contributed by atoms with E-state index in [9.17, 15) is 14.5 Å². The average Bonchev–Trinajstić information content (AvgIpc) is 2.93. The molecule has 0 aliphatic carbocycles. The first-order valence-electron chi connectivity index (χ1n) is 6.02. The molecule has 22 heavy (non-hydrogen) atoms. The van der Waals surface area contributed by atoms with E-state index in [2.05, 4.69) is 19.5 Å². The quantitative estimate of drug-likeness (QED) is 0.396. The fourth-order valence-electron chi connectivity index (χ4n) is 2.22. The Bertz CT molecular complexity index is 812. The number of nitrogens with two attached hydrogens (primary N) is 1. The highest BCUT2D eigenvalue weighted by Gasteiger charge is 2.42.